The molecule has 0 saturated heterocycles. The van der Waals surface area contributed by atoms with Crippen LogP contribution < -0.4 is 10.5 Å². The first kappa shape index (κ1) is 13.5. The number of ether oxygens (including phenoxy) is 1. The molecule has 0 radical (unpaired) electrons. The van der Waals surface area contributed by atoms with Crippen LogP contribution in [0.15, 0.2) is 24.3 Å². The van der Waals surface area contributed by atoms with Gasteiger partial charge in [-0.05, 0) is 31.2 Å². The fourth-order valence-electron chi connectivity index (χ4n) is 1.55. The standard InChI is InChI=1S/C12H12N4O4/c1-6(12(18)19)20-8-4-2-7(3-5-8)9-10(11(13)17)15-16-14-9/h2-6H,1H3,(H2,13,17)(H,18,19)(H,14,15,16). The van der Waals surface area contributed by atoms with E-state index in [0.717, 1.165) is 0 Å². The number of carboxylic acids is 1. The van der Waals surface area contributed by atoms with Gasteiger partial charge in [0.1, 0.15) is 11.4 Å². The van der Waals surface area contributed by atoms with Crippen LogP contribution in [-0.4, -0.2) is 38.5 Å². The summed E-state index contributed by atoms with van der Waals surface area (Å²) < 4.78 is 5.19. The van der Waals surface area contributed by atoms with Crippen molar-refractivity contribution in [2.75, 3.05) is 0 Å². The number of carbonyl (C=O) groups is 2. The topological polar surface area (TPSA) is 131 Å². The number of aliphatic carboxylic acids is 1. The van der Waals surface area contributed by atoms with E-state index in [4.69, 9.17) is 15.6 Å². The van der Waals surface area contributed by atoms with Crippen LogP contribution in [0, 0.1) is 0 Å². The first-order valence-corrected chi connectivity index (χ1v) is 5.69. The first-order valence-electron chi connectivity index (χ1n) is 5.69. The van der Waals surface area contributed by atoms with Crippen molar-refractivity contribution < 1.29 is 19.4 Å². The van der Waals surface area contributed by atoms with Gasteiger partial charge in [0.2, 0.25) is 0 Å². The van der Waals surface area contributed by atoms with Gasteiger partial charge in [-0.3, -0.25) is 4.79 Å². The van der Waals surface area contributed by atoms with Gasteiger partial charge in [0.25, 0.3) is 5.91 Å². The second kappa shape index (κ2) is 5.39. The summed E-state index contributed by atoms with van der Waals surface area (Å²) in [6.45, 7) is 1.43. The summed E-state index contributed by atoms with van der Waals surface area (Å²) in [6, 6.07) is 6.42. The molecule has 20 heavy (non-hydrogen) atoms. The number of nitrogens with zero attached hydrogens (tertiary/aromatic N) is 2. The SMILES string of the molecule is CC(Oc1ccc(-c2n[nH]nc2C(N)=O)cc1)C(=O)O. The Bertz CT molecular complexity index is 635. The van der Waals surface area contributed by atoms with Crippen molar-refractivity contribution in [1.29, 1.82) is 0 Å². The maximum atomic E-state index is 11.2. The molecule has 8 nitrogen and oxygen atoms in total. The number of nitrogens with two attached hydrogens (primary N) is 1. The summed E-state index contributed by atoms with van der Waals surface area (Å²) >= 11 is 0. The number of aromatic amines is 1. The van der Waals surface area contributed by atoms with E-state index in [2.05, 4.69) is 15.4 Å². The van der Waals surface area contributed by atoms with E-state index in [-0.39, 0.29) is 5.69 Å². The van der Waals surface area contributed by atoms with Crippen LogP contribution in [-0.2, 0) is 4.79 Å². The Balaban J connectivity index is 2.22. The Hall–Kier alpha value is -2.90. The number of nitrogens with one attached hydrogen (secondary N) is 1. The third kappa shape index (κ3) is 2.74. The van der Waals surface area contributed by atoms with Crippen LogP contribution in [0.2, 0.25) is 0 Å². The molecule has 1 aromatic heterocycles. The maximum absolute atomic E-state index is 11.2. The molecule has 0 aliphatic heterocycles. The molecule has 1 amide bonds. The van der Waals surface area contributed by atoms with Crippen LogP contribution in [0.4, 0.5) is 0 Å². The van der Waals surface area contributed by atoms with Crippen molar-refractivity contribution in [1.82, 2.24) is 15.4 Å². The van der Waals surface area contributed by atoms with Crippen molar-refractivity contribution in [3.05, 3.63) is 30.0 Å². The molecule has 1 atom stereocenters. The van der Waals surface area contributed by atoms with Gasteiger partial charge in [0.05, 0.1) is 0 Å². The fourth-order valence-corrected chi connectivity index (χ4v) is 1.55. The molecule has 0 aliphatic carbocycles. The van der Waals surface area contributed by atoms with Gasteiger partial charge in [0, 0.05) is 5.56 Å². The molecule has 0 saturated carbocycles. The number of hydrogen-bond acceptors (Lipinski definition) is 5. The van der Waals surface area contributed by atoms with Crippen LogP contribution in [0.1, 0.15) is 17.4 Å². The highest BCUT2D eigenvalue weighted by Gasteiger charge is 2.16. The van der Waals surface area contributed by atoms with E-state index in [0.29, 0.717) is 17.0 Å². The molecule has 4 N–H and O–H groups in total. The van der Waals surface area contributed by atoms with Crippen molar-refractivity contribution in [3.8, 4) is 17.0 Å². The molecule has 0 spiro atoms. The smallest absolute Gasteiger partial charge is 0.344 e. The van der Waals surface area contributed by atoms with Gasteiger partial charge in [-0.1, -0.05) is 0 Å². The number of amides is 1. The third-order valence-electron chi connectivity index (χ3n) is 2.57. The molecular weight excluding hydrogens is 264 g/mol. The molecule has 2 aromatic rings. The lowest BCUT2D eigenvalue weighted by molar-refractivity contribution is -0.144. The molecule has 8 heteroatoms. The van der Waals surface area contributed by atoms with Crippen molar-refractivity contribution in [2.45, 2.75) is 13.0 Å². The highest BCUT2D eigenvalue weighted by Crippen LogP contribution is 2.23. The van der Waals surface area contributed by atoms with E-state index < -0.39 is 18.0 Å². The van der Waals surface area contributed by atoms with Crippen LogP contribution in [0.25, 0.3) is 11.3 Å². The Morgan fingerprint density at radius 2 is 1.95 bits per heavy atom. The lowest BCUT2D eigenvalue weighted by Gasteiger charge is -2.10. The highest BCUT2D eigenvalue weighted by molar-refractivity contribution is 5.96. The number of primary amides is 1. The zero-order chi connectivity index (χ0) is 14.7. The quantitative estimate of drug-likeness (QED) is 0.725. The minimum atomic E-state index is -1.05. The summed E-state index contributed by atoms with van der Waals surface area (Å²) in [4.78, 5) is 21.8. The van der Waals surface area contributed by atoms with Crippen molar-refractivity contribution in [2.24, 2.45) is 5.73 Å². The molecule has 2 rings (SSSR count). The number of carbonyl (C=O) groups excluding carboxylic acids is 1. The van der Waals surface area contributed by atoms with Crippen molar-refractivity contribution >= 4 is 11.9 Å². The van der Waals surface area contributed by atoms with E-state index in [9.17, 15) is 9.59 Å². The van der Waals surface area contributed by atoms with Gasteiger partial charge in [0.15, 0.2) is 11.8 Å². The molecule has 1 heterocycles. The summed E-state index contributed by atoms with van der Waals surface area (Å²) in [5.74, 6) is -1.34. The second-order valence-corrected chi connectivity index (χ2v) is 4.01. The number of carboxylic acid groups (broad SMARTS) is 1. The zero-order valence-corrected chi connectivity index (χ0v) is 10.5. The lowest BCUT2D eigenvalue weighted by Crippen LogP contribution is -2.22. The molecule has 0 fully saturated rings. The van der Waals surface area contributed by atoms with E-state index >= 15 is 0 Å². The number of hydrogen-bond donors (Lipinski definition) is 3. The number of rotatable bonds is 5. The van der Waals surface area contributed by atoms with Crippen molar-refractivity contribution in [3.63, 3.8) is 0 Å². The molecule has 104 valence electrons. The van der Waals surface area contributed by atoms with Gasteiger partial charge < -0.3 is 15.6 Å². The Morgan fingerprint density at radius 1 is 1.30 bits per heavy atom. The van der Waals surface area contributed by atoms with E-state index in [1.165, 1.54) is 6.92 Å². The molecule has 1 unspecified atom stereocenters. The number of H-pyrrole nitrogens is 1. The summed E-state index contributed by atoms with van der Waals surface area (Å²) in [5, 5.41) is 18.6. The normalized spacial score (nSPS) is 11.8. The minimum Gasteiger partial charge on any atom is -0.479 e. The Kier molecular flexibility index (Phi) is 3.65. The average Bonchev–Trinajstić information content (AvgIpc) is 2.88. The first-order chi connectivity index (χ1) is 9.49. The molecular formula is C12H12N4O4. The van der Waals surface area contributed by atoms with Gasteiger partial charge in [-0.15, -0.1) is 0 Å². The predicted octanol–water partition coefficient (Wildman–Crippen LogP) is 0.422. The van der Waals surface area contributed by atoms with Crippen LogP contribution in [0.5, 0.6) is 5.75 Å². The minimum absolute atomic E-state index is 0.0394. The highest BCUT2D eigenvalue weighted by atomic mass is 16.5. The Labute approximate surface area is 113 Å². The van der Waals surface area contributed by atoms with E-state index in [1.807, 2.05) is 0 Å². The maximum Gasteiger partial charge on any atom is 0.344 e. The summed E-state index contributed by atoms with van der Waals surface area (Å²) in [7, 11) is 0. The zero-order valence-electron chi connectivity index (χ0n) is 10.5. The largest absolute Gasteiger partial charge is 0.479 e. The monoisotopic (exact) mass is 276 g/mol. The second-order valence-electron chi connectivity index (χ2n) is 4.01. The fraction of sp³-hybridized carbons (Fsp3) is 0.167. The van der Waals surface area contributed by atoms with E-state index in [1.54, 1.807) is 24.3 Å². The molecule has 0 aliphatic rings. The predicted molar refractivity (Wildman–Crippen MR) is 68.1 cm³/mol. The summed E-state index contributed by atoms with van der Waals surface area (Å²) in [5.41, 5.74) is 6.16. The molecule has 1 aromatic carbocycles. The van der Waals surface area contributed by atoms with Gasteiger partial charge >= 0.3 is 5.97 Å². The van der Waals surface area contributed by atoms with Crippen LogP contribution >= 0.6 is 0 Å². The average molecular weight is 276 g/mol. The van der Waals surface area contributed by atoms with Gasteiger partial charge in [-0.2, -0.15) is 15.4 Å². The summed E-state index contributed by atoms with van der Waals surface area (Å²) in [6.07, 6.45) is -0.950. The lowest BCUT2D eigenvalue weighted by atomic mass is 10.1. The molecule has 0 bridgehead atoms. The number of benzene rings is 1. The Morgan fingerprint density at radius 3 is 2.50 bits per heavy atom. The number of aromatic nitrogens is 3. The van der Waals surface area contributed by atoms with Crippen LogP contribution in [0.3, 0.4) is 0 Å². The third-order valence-corrected chi connectivity index (χ3v) is 2.57. The van der Waals surface area contributed by atoms with Gasteiger partial charge in [-0.25, -0.2) is 4.79 Å².